The molecule has 0 saturated carbocycles. The minimum atomic E-state index is -4.62. The summed E-state index contributed by atoms with van der Waals surface area (Å²) in [5, 5.41) is 7.54. The molecule has 2 rings (SSSR count). The van der Waals surface area contributed by atoms with Crippen molar-refractivity contribution in [1.29, 1.82) is 5.41 Å². The van der Waals surface area contributed by atoms with Gasteiger partial charge in [0.05, 0.1) is 12.7 Å². The number of benzene rings is 1. The molecule has 0 saturated heterocycles. The molecule has 4 nitrogen and oxygen atoms in total. The van der Waals surface area contributed by atoms with Gasteiger partial charge in [-0.3, -0.25) is 5.41 Å². The second kappa shape index (κ2) is 5.97. The van der Waals surface area contributed by atoms with Gasteiger partial charge in [-0.2, -0.15) is 13.2 Å². The molecule has 7 heteroatoms. The molecule has 0 aliphatic carbocycles. The van der Waals surface area contributed by atoms with Crippen molar-refractivity contribution < 1.29 is 27.3 Å². The van der Waals surface area contributed by atoms with Gasteiger partial charge in [-0.1, -0.05) is 12.1 Å². The number of alkyl halides is 3. The average Bonchev–Trinajstić information content (AvgIpc) is 2.52. The van der Waals surface area contributed by atoms with Crippen LogP contribution in [0.25, 0.3) is 0 Å². The summed E-state index contributed by atoms with van der Waals surface area (Å²) in [4.78, 5) is 12.3. The molecular formula is C15H12F3N2O2+. The van der Waals surface area contributed by atoms with Crippen LogP contribution in [0.5, 0.6) is 0 Å². The highest BCUT2D eigenvalue weighted by molar-refractivity contribution is 5.92. The number of nitrogens with one attached hydrogen (secondary N) is 1. The quantitative estimate of drug-likeness (QED) is 0.527. The number of methoxy groups -OCH3 is 1. The molecule has 0 amide bonds. The highest BCUT2D eigenvalue weighted by atomic mass is 19.4. The van der Waals surface area contributed by atoms with Crippen LogP contribution in [0.4, 0.5) is 13.2 Å². The van der Waals surface area contributed by atoms with Crippen molar-refractivity contribution in [2.24, 2.45) is 0 Å². The van der Waals surface area contributed by atoms with Crippen molar-refractivity contribution in [1.82, 2.24) is 0 Å². The van der Waals surface area contributed by atoms with E-state index >= 15 is 0 Å². The van der Waals surface area contributed by atoms with Gasteiger partial charge in [0.1, 0.15) is 11.1 Å². The van der Waals surface area contributed by atoms with Crippen LogP contribution in [0, 0.1) is 5.41 Å². The summed E-state index contributed by atoms with van der Waals surface area (Å²) in [5.74, 6) is -1.02. The van der Waals surface area contributed by atoms with E-state index in [-0.39, 0.29) is 11.5 Å². The Balaban J connectivity index is 2.48. The van der Waals surface area contributed by atoms with Crippen molar-refractivity contribution in [3.63, 3.8) is 0 Å². The minimum Gasteiger partial charge on any atom is -0.481 e. The molecule has 0 atom stereocenters. The fourth-order valence-corrected chi connectivity index (χ4v) is 1.91. The second-order valence-corrected chi connectivity index (χ2v) is 4.38. The van der Waals surface area contributed by atoms with E-state index in [1.165, 1.54) is 43.8 Å². The molecule has 0 fully saturated rings. The van der Waals surface area contributed by atoms with Gasteiger partial charge < -0.3 is 4.74 Å². The highest BCUT2D eigenvalue weighted by Gasteiger charge is 2.37. The fraction of sp³-hybridized carbons (Fsp3) is 0.133. The topological polar surface area (TPSA) is 54.0 Å². The van der Waals surface area contributed by atoms with Crippen molar-refractivity contribution in [3.8, 4) is 0 Å². The number of pyridine rings is 1. The van der Waals surface area contributed by atoms with Crippen LogP contribution in [0.3, 0.4) is 0 Å². The predicted molar refractivity (Wildman–Crippen MR) is 71.6 cm³/mol. The van der Waals surface area contributed by atoms with Crippen LogP contribution in [0.2, 0.25) is 0 Å². The Kier molecular flexibility index (Phi) is 4.25. The first-order chi connectivity index (χ1) is 10.3. The van der Waals surface area contributed by atoms with E-state index in [2.05, 4.69) is 0 Å². The summed E-state index contributed by atoms with van der Waals surface area (Å²) >= 11 is 0. The summed E-state index contributed by atoms with van der Waals surface area (Å²) in [6.45, 7) is 0. The molecule has 0 unspecified atom stereocenters. The standard InChI is InChI=1S/C15H12F3N2O2/c1-22-13(19)10-5-4-8-20(9-10)14(21)11-6-2-3-7-12(11)15(16,17)18/h2-9,19H,1H3/q+1. The Morgan fingerprint density at radius 3 is 2.50 bits per heavy atom. The van der Waals surface area contributed by atoms with E-state index in [9.17, 15) is 18.0 Å². The number of halogens is 3. The summed E-state index contributed by atoms with van der Waals surface area (Å²) in [6, 6.07) is 7.54. The third-order valence-electron chi connectivity index (χ3n) is 2.96. The van der Waals surface area contributed by atoms with Gasteiger partial charge in [-0.15, -0.1) is 4.57 Å². The molecule has 0 spiro atoms. The Bertz CT molecular complexity index is 727. The lowest BCUT2D eigenvalue weighted by Crippen LogP contribution is -2.43. The molecule has 22 heavy (non-hydrogen) atoms. The van der Waals surface area contributed by atoms with Gasteiger partial charge in [-0.05, 0) is 18.2 Å². The van der Waals surface area contributed by atoms with Crippen LogP contribution < -0.4 is 4.57 Å². The normalized spacial score (nSPS) is 11.1. The Morgan fingerprint density at radius 1 is 1.18 bits per heavy atom. The Labute approximate surface area is 124 Å². The lowest BCUT2D eigenvalue weighted by molar-refractivity contribution is -0.570. The maximum Gasteiger partial charge on any atom is 0.425 e. The molecule has 0 aliphatic heterocycles. The van der Waals surface area contributed by atoms with Crippen LogP contribution >= 0.6 is 0 Å². The summed E-state index contributed by atoms with van der Waals surface area (Å²) < 4.78 is 44.6. The van der Waals surface area contributed by atoms with Crippen molar-refractivity contribution >= 4 is 11.8 Å². The number of ether oxygens (including phenoxy) is 1. The van der Waals surface area contributed by atoms with Crippen LogP contribution in [0.1, 0.15) is 21.5 Å². The monoisotopic (exact) mass is 309 g/mol. The number of aromatic nitrogens is 1. The lowest BCUT2D eigenvalue weighted by atomic mass is 10.1. The van der Waals surface area contributed by atoms with Crippen molar-refractivity contribution in [2.45, 2.75) is 6.18 Å². The van der Waals surface area contributed by atoms with E-state index in [1.54, 1.807) is 0 Å². The SMILES string of the molecule is COC(=N)c1ccc[n+](C(=O)c2ccccc2C(F)(F)F)c1. The number of carbonyl (C=O) groups excluding carboxylic acids is 1. The van der Waals surface area contributed by atoms with Crippen LogP contribution in [-0.2, 0) is 10.9 Å². The van der Waals surface area contributed by atoms with Gasteiger partial charge in [0.2, 0.25) is 5.90 Å². The van der Waals surface area contributed by atoms with E-state index in [0.717, 1.165) is 16.7 Å². The first-order valence-electron chi connectivity index (χ1n) is 6.19. The van der Waals surface area contributed by atoms with E-state index < -0.39 is 23.2 Å². The first kappa shape index (κ1) is 15.7. The van der Waals surface area contributed by atoms with Gasteiger partial charge in [-0.25, -0.2) is 4.79 Å². The number of nitrogens with zero attached hydrogens (tertiary/aromatic N) is 1. The fourth-order valence-electron chi connectivity index (χ4n) is 1.91. The third-order valence-corrected chi connectivity index (χ3v) is 2.96. The Morgan fingerprint density at radius 2 is 1.86 bits per heavy atom. The molecule has 1 N–H and O–H groups in total. The molecular weight excluding hydrogens is 297 g/mol. The number of carbonyl (C=O) groups is 1. The van der Waals surface area contributed by atoms with Gasteiger partial charge in [0, 0.05) is 6.07 Å². The number of rotatable bonds is 2. The minimum absolute atomic E-state index is 0.189. The first-order valence-corrected chi connectivity index (χ1v) is 6.19. The summed E-state index contributed by atoms with van der Waals surface area (Å²) in [5.41, 5.74) is -1.18. The smallest absolute Gasteiger partial charge is 0.425 e. The molecule has 1 heterocycles. The van der Waals surface area contributed by atoms with E-state index in [1.807, 2.05) is 0 Å². The van der Waals surface area contributed by atoms with Gasteiger partial charge >= 0.3 is 12.1 Å². The zero-order chi connectivity index (χ0) is 16.3. The molecule has 114 valence electrons. The van der Waals surface area contributed by atoms with Crippen molar-refractivity contribution in [3.05, 3.63) is 65.5 Å². The van der Waals surface area contributed by atoms with Crippen LogP contribution in [-0.4, -0.2) is 18.9 Å². The molecule has 1 aromatic carbocycles. The zero-order valence-electron chi connectivity index (χ0n) is 11.5. The number of hydrogen-bond donors (Lipinski definition) is 1. The number of hydrogen-bond acceptors (Lipinski definition) is 3. The molecule has 0 radical (unpaired) electrons. The second-order valence-electron chi connectivity index (χ2n) is 4.38. The molecule has 0 aliphatic rings. The van der Waals surface area contributed by atoms with Gasteiger partial charge in [0.15, 0.2) is 12.4 Å². The lowest BCUT2D eigenvalue weighted by Gasteiger charge is -2.09. The van der Waals surface area contributed by atoms with Gasteiger partial charge in [0.25, 0.3) is 0 Å². The predicted octanol–water partition coefficient (Wildman–Crippen LogP) is 2.65. The maximum absolute atomic E-state index is 13.0. The highest BCUT2D eigenvalue weighted by Crippen LogP contribution is 2.31. The third kappa shape index (κ3) is 3.13. The zero-order valence-corrected chi connectivity index (χ0v) is 11.5. The molecule has 0 bridgehead atoms. The Hall–Kier alpha value is -2.70. The van der Waals surface area contributed by atoms with E-state index in [0.29, 0.717) is 0 Å². The average molecular weight is 309 g/mol. The van der Waals surface area contributed by atoms with Crippen molar-refractivity contribution in [2.75, 3.05) is 7.11 Å². The van der Waals surface area contributed by atoms with Crippen LogP contribution in [0.15, 0.2) is 48.8 Å². The largest absolute Gasteiger partial charge is 0.481 e. The van der Waals surface area contributed by atoms with E-state index in [4.69, 9.17) is 10.1 Å². The summed E-state index contributed by atoms with van der Waals surface area (Å²) in [7, 11) is 1.29. The maximum atomic E-state index is 13.0. The summed E-state index contributed by atoms with van der Waals surface area (Å²) in [6.07, 6.45) is -2.05. The molecule has 2 aromatic rings. The molecule has 1 aromatic heterocycles.